The van der Waals surface area contributed by atoms with E-state index in [1.165, 1.54) is 4.52 Å². The predicted molar refractivity (Wildman–Crippen MR) is 121 cm³/mol. The van der Waals surface area contributed by atoms with Gasteiger partial charge in [-0.25, -0.2) is 0 Å². The van der Waals surface area contributed by atoms with E-state index in [4.69, 9.17) is 4.74 Å². The summed E-state index contributed by atoms with van der Waals surface area (Å²) in [6, 6.07) is 15.0. The van der Waals surface area contributed by atoms with Gasteiger partial charge in [-0.05, 0) is 50.5 Å². The van der Waals surface area contributed by atoms with E-state index in [1.807, 2.05) is 35.8 Å². The van der Waals surface area contributed by atoms with Gasteiger partial charge < -0.3 is 14.6 Å². The van der Waals surface area contributed by atoms with Crippen molar-refractivity contribution in [1.82, 2.24) is 19.2 Å². The van der Waals surface area contributed by atoms with Crippen molar-refractivity contribution in [1.29, 1.82) is 0 Å². The summed E-state index contributed by atoms with van der Waals surface area (Å²) >= 11 is 0. The van der Waals surface area contributed by atoms with Crippen LogP contribution in [0.25, 0.3) is 17.2 Å². The minimum Gasteiger partial charge on any atom is -0.497 e. The molecule has 4 aromatic rings. The molecule has 0 aliphatic heterocycles. The van der Waals surface area contributed by atoms with Crippen LogP contribution in [0.3, 0.4) is 0 Å². The third-order valence-corrected chi connectivity index (χ3v) is 5.78. The first-order chi connectivity index (χ1) is 15.5. The van der Waals surface area contributed by atoms with Crippen LogP contribution in [0, 0.1) is 6.92 Å². The first-order valence-corrected chi connectivity index (χ1v) is 10.6. The molecule has 0 atom stereocenters. The van der Waals surface area contributed by atoms with Crippen LogP contribution in [0.5, 0.6) is 5.75 Å². The number of amides is 1. The summed E-state index contributed by atoms with van der Waals surface area (Å²) < 4.78 is 8.32. The predicted octanol–water partition coefficient (Wildman–Crippen LogP) is 3.00. The van der Waals surface area contributed by atoms with Gasteiger partial charge in [0, 0.05) is 22.5 Å². The van der Waals surface area contributed by atoms with Crippen LogP contribution < -0.4 is 15.6 Å². The number of carbonyl (C=O) groups is 1. The molecule has 0 saturated heterocycles. The van der Waals surface area contributed by atoms with Crippen molar-refractivity contribution >= 4 is 17.4 Å². The standard InChI is InChI=1S/C24H23N5O3/c1-15-6-8-16(9-7-15)22-26-24-28(20-5-3-4-19(20)23(31)29(24)27-22)14-21(30)25-17-10-12-18(32-2)13-11-17/h6-13H,3-5,14H2,1-2H3,(H,25,30). The van der Waals surface area contributed by atoms with E-state index >= 15 is 0 Å². The van der Waals surface area contributed by atoms with Gasteiger partial charge in [-0.1, -0.05) is 29.8 Å². The smallest absolute Gasteiger partial charge is 0.279 e. The molecule has 0 spiro atoms. The maximum atomic E-state index is 13.0. The summed E-state index contributed by atoms with van der Waals surface area (Å²) in [5, 5.41) is 7.39. The Kier molecular flexibility index (Phi) is 4.97. The zero-order chi connectivity index (χ0) is 22.2. The molecular formula is C24H23N5O3. The van der Waals surface area contributed by atoms with Gasteiger partial charge in [-0.15, -0.1) is 5.10 Å². The van der Waals surface area contributed by atoms with Crippen LogP contribution in [-0.4, -0.2) is 32.2 Å². The number of methoxy groups -OCH3 is 1. The molecule has 8 heteroatoms. The number of ether oxygens (including phenoxy) is 1. The number of carbonyl (C=O) groups excluding carboxylic acids is 1. The normalized spacial score (nSPS) is 12.7. The molecule has 2 aromatic carbocycles. The average molecular weight is 429 g/mol. The van der Waals surface area contributed by atoms with Crippen molar-refractivity contribution in [2.45, 2.75) is 32.7 Å². The van der Waals surface area contributed by atoms with E-state index in [0.29, 0.717) is 23.7 Å². The third kappa shape index (κ3) is 3.53. The van der Waals surface area contributed by atoms with Crippen molar-refractivity contribution < 1.29 is 9.53 Å². The Balaban J connectivity index is 1.53. The number of aryl methyl sites for hydroxylation is 1. The highest BCUT2D eigenvalue weighted by Crippen LogP contribution is 2.23. The molecule has 1 N–H and O–H groups in total. The maximum Gasteiger partial charge on any atom is 0.279 e. The van der Waals surface area contributed by atoms with E-state index in [-0.39, 0.29) is 18.0 Å². The van der Waals surface area contributed by atoms with Gasteiger partial charge in [-0.2, -0.15) is 9.50 Å². The van der Waals surface area contributed by atoms with Gasteiger partial charge in [-0.3, -0.25) is 9.59 Å². The van der Waals surface area contributed by atoms with E-state index in [1.54, 1.807) is 31.4 Å². The van der Waals surface area contributed by atoms with Crippen molar-refractivity contribution in [3.05, 3.63) is 75.7 Å². The summed E-state index contributed by atoms with van der Waals surface area (Å²) in [7, 11) is 1.60. The molecule has 8 nitrogen and oxygen atoms in total. The van der Waals surface area contributed by atoms with Crippen LogP contribution in [-0.2, 0) is 24.2 Å². The summed E-state index contributed by atoms with van der Waals surface area (Å²) in [5.74, 6) is 1.37. The van der Waals surface area contributed by atoms with Gasteiger partial charge in [0.2, 0.25) is 11.7 Å². The van der Waals surface area contributed by atoms with Gasteiger partial charge >= 0.3 is 0 Å². The molecule has 0 unspecified atom stereocenters. The van der Waals surface area contributed by atoms with E-state index in [9.17, 15) is 9.59 Å². The molecule has 1 aliphatic carbocycles. The zero-order valence-corrected chi connectivity index (χ0v) is 18.0. The molecule has 2 heterocycles. The molecule has 162 valence electrons. The Morgan fingerprint density at radius 1 is 1.09 bits per heavy atom. The number of rotatable bonds is 5. The molecule has 5 rings (SSSR count). The third-order valence-electron chi connectivity index (χ3n) is 5.78. The number of hydrogen-bond donors (Lipinski definition) is 1. The quantitative estimate of drug-likeness (QED) is 0.527. The number of nitrogens with zero attached hydrogens (tertiary/aromatic N) is 4. The Hall–Kier alpha value is -3.94. The molecular weight excluding hydrogens is 406 g/mol. The molecule has 32 heavy (non-hydrogen) atoms. The SMILES string of the molecule is COc1ccc(NC(=O)Cn2c3c(c(=O)n4nc(-c5ccc(C)cc5)nc24)CCC3)cc1. The number of nitrogens with one attached hydrogen (secondary N) is 1. The average Bonchev–Trinajstić information content (AvgIpc) is 3.46. The Morgan fingerprint density at radius 3 is 2.56 bits per heavy atom. The second-order valence-corrected chi connectivity index (χ2v) is 7.96. The molecule has 2 aromatic heterocycles. The maximum absolute atomic E-state index is 13.0. The van der Waals surface area contributed by atoms with Crippen LogP contribution in [0.2, 0.25) is 0 Å². The summed E-state index contributed by atoms with van der Waals surface area (Å²) in [6.45, 7) is 2.06. The fourth-order valence-corrected chi connectivity index (χ4v) is 4.13. The number of aromatic nitrogens is 4. The monoisotopic (exact) mass is 429 g/mol. The Morgan fingerprint density at radius 2 is 1.84 bits per heavy atom. The minimum absolute atomic E-state index is 0.0458. The summed E-state index contributed by atoms with van der Waals surface area (Å²) in [6.07, 6.45) is 2.30. The van der Waals surface area contributed by atoms with Crippen molar-refractivity contribution in [2.24, 2.45) is 0 Å². The van der Waals surface area contributed by atoms with E-state index in [0.717, 1.165) is 41.0 Å². The van der Waals surface area contributed by atoms with Crippen LogP contribution in [0.15, 0.2) is 53.3 Å². The van der Waals surface area contributed by atoms with Gasteiger partial charge in [0.15, 0.2) is 5.82 Å². The number of hydrogen-bond acceptors (Lipinski definition) is 5. The van der Waals surface area contributed by atoms with Crippen LogP contribution >= 0.6 is 0 Å². The first-order valence-electron chi connectivity index (χ1n) is 10.6. The van der Waals surface area contributed by atoms with E-state index in [2.05, 4.69) is 15.4 Å². The molecule has 1 amide bonds. The van der Waals surface area contributed by atoms with E-state index < -0.39 is 0 Å². The molecule has 0 radical (unpaired) electrons. The lowest BCUT2D eigenvalue weighted by molar-refractivity contribution is -0.116. The van der Waals surface area contributed by atoms with Gasteiger partial charge in [0.05, 0.1) is 7.11 Å². The fraction of sp³-hybridized carbons (Fsp3) is 0.250. The summed E-state index contributed by atoms with van der Waals surface area (Å²) in [5.41, 5.74) is 4.07. The van der Waals surface area contributed by atoms with Gasteiger partial charge in [0.1, 0.15) is 12.3 Å². The number of benzene rings is 2. The minimum atomic E-state index is -0.199. The highest BCUT2D eigenvalue weighted by molar-refractivity contribution is 5.91. The van der Waals surface area contributed by atoms with Crippen molar-refractivity contribution in [3.63, 3.8) is 0 Å². The first kappa shape index (κ1) is 20.0. The lowest BCUT2D eigenvalue weighted by atomic mass is 10.1. The van der Waals surface area contributed by atoms with Gasteiger partial charge in [0.25, 0.3) is 5.56 Å². The van der Waals surface area contributed by atoms with Crippen LogP contribution in [0.1, 0.15) is 23.2 Å². The topological polar surface area (TPSA) is 90.5 Å². The lowest BCUT2D eigenvalue weighted by Crippen LogP contribution is -2.28. The highest BCUT2D eigenvalue weighted by Gasteiger charge is 2.25. The summed E-state index contributed by atoms with van der Waals surface area (Å²) in [4.78, 5) is 30.6. The molecule has 1 aliphatic rings. The molecule has 0 fully saturated rings. The van der Waals surface area contributed by atoms with Crippen molar-refractivity contribution in [2.75, 3.05) is 12.4 Å². The van der Waals surface area contributed by atoms with Crippen molar-refractivity contribution in [3.8, 4) is 17.1 Å². The Labute approximate surface area is 184 Å². The molecule has 0 bridgehead atoms. The number of fused-ring (bicyclic) bond motifs is 2. The number of anilines is 1. The Bertz CT molecular complexity index is 1370. The lowest BCUT2D eigenvalue weighted by Gasteiger charge is -2.14. The second kappa shape index (κ2) is 7.96. The largest absolute Gasteiger partial charge is 0.497 e. The zero-order valence-electron chi connectivity index (χ0n) is 18.0. The fourth-order valence-electron chi connectivity index (χ4n) is 4.13. The highest BCUT2D eigenvalue weighted by atomic mass is 16.5. The second-order valence-electron chi connectivity index (χ2n) is 7.96. The van der Waals surface area contributed by atoms with Crippen LogP contribution in [0.4, 0.5) is 5.69 Å². The molecule has 0 saturated carbocycles.